The monoisotopic (exact) mass is 497 g/mol. The number of pyridine rings is 2. The van der Waals surface area contributed by atoms with Crippen LogP contribution in [0.2, 0.25) is 0 Å². The molecule has 0 aliphatic rings. The van der Waals surface area contributed by atoms with Gasteiger partial charge in [-0.2, -0.15) is 0 Å². The Bertz CT molecular complexity index is 2120. The van der Waals surface area contributed by atoms with Crippen LogP contribution in [0.1, 0.15) is 0 Å². The van der Waals surface area contributed by atoms with E-state index >= 15 is 0 Å². The molecule has 0 radical (unpaired) electrons. The molecule has 0 fully saturated rings. The summed E-state index contributed by atoms with van der Waals surface area (Å²) in [7, 11) is 0. The predicted octanol–water partition coefficient (Wildman–Crippen LogP) is 9.19. The molecule has 3 nitrogen and oxygen atoms in total. The molecule has 8 aromatic rings. The van der Waals surface area contributed by atoms with Crippen molar-refractivity contribution in [3.05, 3.63) is 140 Å². The van der Waals surface area contributed by atoms with Crippen molar-refractivity contribution < 1.29 is 0 Å². The molecular weight excluding hydrogens is 474 g/mol. The van der Waals surface area contributed by atoms with E-state index in [2.05, 4.69) is 120 Å². The van der Waals surface area contributed by atoms with Crippen LogP contribution in [0, 0.1) is 0 Å². The molecule has 0 unspecified atom stereocenters. The van der Waals surface area contributed by atoms with Crippen LogP contribution in [0.3, 0.4) is 0 Å². The fraction of sp³-hybridized carbons (Fsp3) is 0. The van der Waals surface area contributed by atoms with Crippen molar-refractivity contribution in [2.24, 2.45) is 0 Å². The lowest BCUT2D eigenvalue weighted by molar-refractivity contribution is 1.19. The number of fused-ring (bicyclic) bond motifs is 6. The maximum atomic E-state index is 5.15. The van der Waals surface area contributed by atoms with Gasteiger partial charge in [0.15, 0.2) is 0 Å². The molecule has 0 amide bonds. The van der Waals surface area contributed by atoms with Crippen molar-refractivity contribution in [1.82, 2.24) is 14.4 Å². The first-order chi connectivity index (χ1) is 19.3. The predicted molar refractivity (Wildman–Crippen MR) is 162 cm³/mol. The van der Waals surface area contributed by atoms with Crippen LogP contribution < -0.4 is 0 Å². The molecule has 0 aliphatic carbocycles. The molecule has 3 aromatic heterocycles. The molecule has 39 heavy (non-hydrogen) atoms. The molecule has 3 heterocycles. The maximum absolute atomic E-state index is 5.15. The number of hydrogen-bond donors (Lipinski definition) is 0. The molecule has 0 spiro atoms. The second-order valence-corrected chi connectivity index (χ2v) is 9.94. The normalized spacial score (nSPS) is 11.6. The molecule has 8 rings (SSSR count). The van der Waals surface area contributed by atoms with Gasteiger partial charge in [0.25, 0.3) is 0 Å². The first-order valence-electron chi connectivity index (χ1n) is 13.2. The fourth-order valence-corrected chi connectivity index (χ4v) is 5.69. The Morgan fingerprint density at radius 3 is 2.15 bits per heavy atom. The molecule has 0 N–H and O–H groups in total. The Morgan fingerprint density at radius 2 is 1.26 bits per heavy atom. The molecule has 0 aliphatic heterocycles. The van der Waals surface area contributed by atoms with E-state index in [1.165, 1.54) is 38.1 Å². The number of para-hydroxylation sites is 1. The van der Waals surface area contributed by atoms with Crippen molar-refractivity contribution in [2.45, 2.75) is 0 Å². The summed E-state index contributed by atoms with van der Waals surface area (Å²) in [4.78, 5) is 9.95. The summed E-state index contributed by atoms with van der Waals surface area (Å²) in [5.41, 5.74) is 8.50. The van der Waals surface area contributed by atoms with Crippen molar-refractivity contribution in [2.75, 3.05) is 0 Å². The van der Waals surface area contributed by atoms with Crippen molar-refractivity contribution in [3.8, 4) is 33.6 Å². The van der Waals surface area contributed by atoms with Crippen LogP contribution in [0.15, 0.2) is 140 Å². The van der Waals surface area contributed by atoms with E-state index in [0.717, 1.165) is 33.7 Å². The minimum atomic E-state index is 0.949. The van der Waals surface area contributed by atoms with Crippen LogP contribution in [0.4, 0.5) is 0 Å². The highest BCUT2D eigenvalue weighted by atomic mass is 15.0. The average molecular weight is 498 g/mol. The van der Waals surface area contributed by atoms with E-state index in [1.54, 1.807) is 0 Å². The third-order valence-corrected chi connectivity index (χ3v) is 7.60. The first-order valence-corrected chi connectivity index (χ1v) is 13.2. The number of nitrogens with zero attached hydrogens (tertiary/aromatic N) is 3. The highest BCUT2D eigenvalue weighted by molar-refractivity contribution is 6.22. The van der Waals surface area contributed by atoms with E-state index < -0.39 is 0 Å². The van der Waals surface area contributed by atoms with Gasteiger partial charge in [0, 0.05) is 39.7 Å². The summed E-state index contributed by atoms with van der Waals surface area (Å²) in [5, 5.41) is 6.13. The molecule has 0 bridgehead atoms. The smallest absolute Gasteiger partial charge is 0.137 e. The van der Waals surface area contributed by atoms with E-state index in [1.807, 2.05) is 24.4 Å². The van der Waals surface area contributed by atoms with E-state index in [9.17, 15) is 0 Å². The zero-order valence-corrected chi connectivity index (χ0v) is 21.1. The van der Waals surface area contributed by atoms with E-state index in [0.29, 0.717) is 0 Å². The van der Waals surface area contributed by atoms with Gasteiger partial charge >= 0.3 is 0 Å². The minimum absolute atomic E-state index is 0.949. The molecule has 3 heteroatoms. The standard InChI is InChI=1S/C36H23N3/c1-2-11-29-25(8-1)19-20-31-35(29)30-12-3-4-13-32(30)38-36(31)26-17-15-24(16-18-26)27-9-7-10-28(22-27)33-23-39-21-6-5-14-34(39)37-33/h1-23H. The Hall–Kier alpha value is -5.28. The average Bonchev–Trinajstić information content (AvgIpc) is 3.45. The number of rotatable bonds is 3. The first kappa shape index (κ1) is 21.8. The Balaban J connectivity index is 1.24. The third-order valence-electron chi connectivity index (χ3n) is 7.60. The topological polar surface area (TPSA) is 30.2 Å². The van der Waals surface area contributed by atoms with Gasteiger partial charge < -0.3 is 4.40 Å². The number of benzene rings is 5. The Morgan fingerprint density at radius 1 is 0.487 bits per heavy atom. The van der Waals surface area contributed by atoms with Crippen LogP contribution in [-0.2, 0) is 0 Å². The molecule has 0 saturated heterocycles. The van der Waals surface area contributed by atoms with Crippen LogP contribution in [0.25, 0.3) is 71.7 Å². The lowest BCUT2D eigenvalue weighted by Gasteiger charge is -2.13. The van der Waals surface area contributed by atoms with E-state index in [-0.39, 0.29) is 0 Å². The second kappa shape index (κ2) is 8.64. The lowest BCUT2D eigenvalue weighted by atomic mass is 9.94. The van der Waals surface area contributed by atoms with Crippen LogP contribution in [0.5, 0.6) is 0 Å². The Kier molecular flexibility index (Phi) is 4.82. The zero-order chi connectivity index (χ0) is 25.8. The van der Waals surface area contributed by atoms with Gasteiger partial charge in [-0.1, -0.05) is 103 Å². The van der Waals surface area contributed by atoms with Gasteiger partial charge in [0.2, 0.25) is 0 Å². The largest absolute Gasteiger partial charge is 0.306 e. The summed E-state index contributed by atoms with van der Waals surface area (Å²) >= 11 is 0. The SMILES string of the molecule is c1cc(-c2ccc(-c3nc4ccccc4c4c3ccc3ccccc34)cc2)cc(-c2cn3ccccc3n2)c1. The number of imidazole rings is 1. The molecule has 0 saturated carbocycles. The van der Waals surface area contributed by atoms with Crippen molar-refractivity contribution in [3.63, 3.8) is 0 Å². The molecule has 182 valence electrons. The van der Waals surface area contributed by atoms with Crippen LogP contribution >= 0.6 is 0 Å². The van der Waals surface area contributed by atoms with Crippen LogP contribution in [-0.4, -0.2) is 14.4 Å². The zero-order valence-electron chi connectivity index (χ0n) is 21.1. The quantitative estimate of drug-likeness (QED) is 0.228. The van der Waals surface area contributed by atoms with Gasteiger partial charge in [0.05, 0.1) is 16.9 Å². The maximum Gasteiger partial charge on any atom is 0.137 e. The number of aromatic nitrogens is 3. The van der Waals surface area contributed by atoms with Gasteiger partial charge in [-0.3, -0.25) is 0 Å². The summed E-state index contributed by atoms with van der Waals surface area (Å²) in [5.74, 6) is 0. The van der Waals surface area contributed by atoms with Crippen molar-refractivity contribution >= 4 is 38.1 Å². The summed E-state index contributed by atoms with van der Waals surface area (Å²) in [6, 6.07) is 44.9. The van der Waals surface area contributed by atoms with Gasteiger partial charge in [-0.15, -0.1) is 0 Å². The Labute approximate surface area is 225 Å². The highest BCUT2D eigenvalue weighted by Gasteiger charge is 2.13. The second-order valence-electron chi connectivity index (χ2n) is 9.94. The van der Waals surface area contributed by atoms with E-state index in [4.69, 9.17) is 9.97 Å². The minimum Gasteiger partial charge on any atom is -0.306 e. The fourth-order valence-electron chi connectivity index (χ4n) is 5.69. The molecular formula is C36H23N3. The van der Waals surface area contributed by atoms with Gasteiger partial charge in [-0.05, 0) is 46.2 Å². The third kappa shape index (κ3) is 3.59. The summed E-state index contributed by atoms with van der Waals surface area (Å²) in [6.07, 6.45) is 4.11. The molecule has 5 aromatic carbocycles. The van der Waals surface area contributed by atoms with Gasteiger partial charge in [0.1, 0.15) is 5.65 Å². The lowest BCUT2D eigenvalue weighted by Crippen LogP contribution is -1.91. The highest BCUT2D eigenvalue weighted by Crippen LogP contribution is 2.37. The number of hydrogen-bond acceptors (Lipinski definition) is 2. The molecule has 0 atom stereocenters. The summed E-state index contributed by atoms with van der Waals surface area (Å²) < 4.78 is 2.06. The summed E-state index contributed by atoms with van der Waals surface area (Å²) in [6.45, 7) is 0. The van der Waals surface area contributed by atoms with Gasteiger partial charge in [-0.25, -0.2) is 9.97 Å². The van der Waals surface area contributed by atoms with Crippen molar-refractivity contribution in [1.29, 1.82) is 0 Å².